The SMILES string of the molecule is COCOc1ccc(OC)cc1C(=O)c1ccc(C(=O)O[C@@H]2CCCN(OC(=O)OC(C)(C)C)C[C@H]2NC(=O)c2cc(OC)cc(OC)c2)cc1. The third-order valence-electron chi connectivity index (χ3n) is 7.67. The molecule has 1 aliphatic rings. The van der Waals surface area contributed by atoms with Gasteiger partial charge in [-0.2, -0.15) is 0 Å². The zero-order valence-corrected chi connectivity index (χ0v) is 29.8. The normalized spacial score (nSPS) is 16.2. The molecule has 0 saturated carbocycles. The maximum Gasteiger partial charge on any atom is 0.528 e. The summed E-state index contributed by atoms with van der Waals surface area (Å²) >= 11 is 0. The van der Waals surface area contributed by atoms with Gasteiger partial charge in [-0.05, 0) is 76.1 Å². The Kier molecular flexibility index (Phi) is 13.2. The molecular formula is C37H44N2O12. The molecule has 1 saturated heterocycles. The first-order valence-electron chi connectivity index (χ1n) is 16.2. The maximum atomic E-state index is 13.6. The predicted molar refractivity (Wildman–Crippen MR) is 184 cm³/mol. The van der Waals surface area contributed by atoms with Crippen LogP contribution in [0.2, 0.25) is 0 Å². The number of nitrogens with zero attached hydrogens (tertiary/aromatic N) is 1. The van der Waals surface area contributed by atoms with Crippen molar-refractivity contribution in [1.82, 2.24) is 10.4 Å². The van der Waals surface area contributed by atoms with Gasteiger partial charge in [0, 0.05) is 30.8 Å². The first kappa shape index (κ1) is 38.5. The monoisotopic (exact) mass is 708 g/mol. The van der Waals surface area contributed by atoms with Crippen molar-refractivity contribution in [2.75, 3.05) is 48.3 Å². The molecule has 1 N–H and O–H groups in total. The van der Waals surface area contributed by atoms with Crippen LogP contribution in [-0.4, -0.2) is 94.9 Å². The lowest BCUT2D eigenvalue weighted by Crippen LogP contribution is -2.50. The van der Waals surface area contributed by atoms with Gasteiger partial charge in [-0.25, -0.2) is 9.59 Å². The molecule has 1 amide bonds. The van der Waals surface area contributed by atoms with Gasteiger partial charge in [0.15, 0.2) is 12.6 Å². The van der Waals surface area contributed by atoms with Gasteiger partial charge >= 0.3 is 12.1 Å². The summed E-state index contributed by atoms with van der Waals surface area (Å²) in [5, 5.41) is 4.31. The largest absolute Gasteiger partial charge is 0.528 e. The number of hydroxylamine groups is 2. The highest BCUT2D eigenvalue weighted by atomic mass is 16.8. The molecule has 0 aliphatic carbocycles. The van der Waals surface area contributed by atoms with Crippen LogP contribution in [0.1, 0.15) is 70.3 Å². The highest BCUT2D eigenvalue weighted by Crippen LogP contribution is 2.28. The molecule has 2 atom stereocenters. The molecule has 1 heterocycles. The van der Waals surface area contributed by atoms with Crippen molar-refractivity contribution in [2.45, 2.75) is 51.4 Å². The van der Waals surface area contributed by atoms with E-state index in [1.807, 2.05) is 0 Å². The molecular weight excluding hydrogens is 664 g/mol. The number of amides is 1. The summed E-state index contributed by atoms with van der Waals surface area (Å²) in [6, 6.07) is 14.7. The molecule has 3 aromatic carbocycles. The number of ether oxygens (including phenoxy) is 7. The van der Waals surface area contributed by atoms with E-state index in [-0.39, 0.29) is 35.8 Å². The van der Waals surface area contributed by atoms with Gasteiger partial charge in [0.25, 0.3) is 5.91 Å². The van der Waals surface area contributed by atoms with E-state index in [1.54, 1.807) is 57.2 Å². The molecule has 1 aliphatic heterocycles. The van der Waals surface area contributed by atoms with Crippen LogP contribution in [0.3, 0.4) is 0 Å². The molecule has 4 rings (SSSR count). The minimum absolute atomic E-state index is 0.00845. The summed E-state index contributed by atoms with van der Waals surface area (Å²) in [6.07, 6.45) is -0.925. The molecule has 51 heavy (non-hydrogen) atoms. The highest BCUT2D eigenvalue weighted by Gasteiger charge is 2.34. The fourth-order valence-corrected chi connectivity index (χ4v) is 5.21. The van der Waals surface area contributed by atoms with Gasteiger partial charge in [-0.3, -0.25) is 9.59 Å². The van der Waals surface area contributed by atoms with Crippen molar-refractivity contribution in [3.63, 3.8) is 0 Å². The Morgan fingerprint density at radius 3 is 2.06 bits per heavy atom. The molecule has 14 heteroatoms. The fourth-order valence-electron chi connectivity index (χ4n) is 5.21. The molecule has 0 aromatic heterocycles. The topological polar surface area (TPSA) is 157 Å². The van der Waals surface area contributed by atoms with Crippen molar-refractivity contribution in [3.05, 3.63) is 82.9 Å². The van der Waals surface area contributed by atoms with Crippen molar-refractivity contribution < 1.29 is 57.2 Å². The second-order valence-electron chi connectivity index (χ2n) is 12.5. The number of hydrogen-bond donors (Lipinski definition) is 1. The minimum Gasteiger partial charge on any atom is -0.497 e. The Balaban J connectivity index is 1.54. The van der Waals surface area contributed by atoms with E-state index < -0.39 is 35.8 Å². The number of carbonyl (C=O) groups is 4. The summed E-state index contributed by atoms with van der Waals surface area (Å²) in [6.45, 7) is 5.38. The molecule has 0 bridgehead atoms. The number of esters is 1. The van der Waals surface area contributed by atoms with Crippen LogP contribution in [0.25, 0.3) is 0 Å². The summed E-state index contributed by atoms with van der Waals surface area (Å²) in [5.41, 5.74) is 0.193. The molecule has 14 nitrogen and oxygen atoms in total. The van der Waals surface area contributed by atoms with E-state index in [9.17, 15) is 19.2 Å². The Hall–Kier alpha value is -5.34. The van der Waals surface area contributed by atoms with E-state index in [2.05, 4.69) is 5.32 Å². The zero-order valence-electron chi connectivity index (χ0n) is 29.8. The first-order chi connectivity index (χ1) is 24.3. The molecule has 0 radical (unpaired) electrons. The standard InChI is InChI=1S/C37H44N2O12/c1-37(2,3)50-36(43)51-39-16-8-9-32(30(21-39)38-34(41)25-17-27(46-6)19-28(18-25)47-7)49-35(42)24-12-10-23(11-13-24)33(40)29-20-26(45-5)14-15-31(29)48-22-44-4/h10-15,17-20,30,32H,8-9,16,21-22H2,1-7H3,(H,38,41)/t30-,32-/m1/s1. The molecule has 1 fully saturated rings. The lowest BCUT2D eigenvalue weighted by atomic mass is 10.0. The lowest BCUT2D eigenvalue weighted by molar-refractivity contribution is -0.144. The Labute approximate surface area is 296 Å². The van der Waals surface area contributed by atoms with E-state index in [0.717, 1.165) is 0 Å². The highest BCUT2D eigenvalue weighted by molar-refractivity contribution is 6.11. The number of nitrogens with one attached hydrogen (secondary N) is 1. The van der Waals surface area contributed by atoms with Gasteiger partial charge in [-0.1, -0.05) is 12.1 Å². The van der Waals surface area contributed by atoms with E-state index in [1.165, 1.54) is 57.8 Å². The zero-order chi connectivity index (χ0) is 37.1. The van der Waals surface area contributed by atoms with Crippen molar-refractivity contribution in [2.24, 2.45) is 0 Å². The van der Waals surface area contributed by atoms with Gasteiger partial charge in [-0.15, -0.1) is 5.06 Å². The Bertz CT molecular complexity index is 1660. The van der Waals surface area contributed by atoms with Crippen LogP contribution in [-0.2, 0) is 19.0 Å². The van der Waals surface area contributed by atoms with Gasteiger partial charge < -0.3 is 43.3 Å². The number of methoxy groups -OCH3 is 4. The summed E-state index contributed by atoms with van der Waals surface area (Å²) < 4.78 is 37.8. The first-order valence-corrected chi connectivity index (χ1v) is 16.2. The van der Waals surface area contributed by atoms with Crippen molar-refractivity contribution in [1.29, 1.82) is 0 Å². The van der Waals surface area contributed by atoms with Crippen LogP contribution in [0.4, 0.5) is 4.79 Å². The van der Waals surface area contributed by atoms with Crippen LogP contribution >= 0.6 is 0 Å². The minimum atomic E-state index is -0.901. The van der Waals surface area contributed by atoms with Crippen LogP contribution in [0, 0.1) is 0 Å². The van der Waals surface area contributed by atoms with Crippen LogP contribution in [0.15, 0.2) is 60.7 Å². The lowest BCUT2D eigenvalue weighted by Gasteiger charge is -2.29. The number of carbonyl (C=O) groups excluding carboxylic acids is 4. The quantitative estimate of drug-likeness (QED) is 0.140. The smallest absolute Gasteiger partial charge is 0.497 e. The second kappa shape index (κ2) is 17.5. The molecule has 0 spiro atoms. The van der Waals surface area contributed by atoms with Crippen molar-refractivity contribution in [3.8, 4) is 23.0 Å². The van der Waals surface area contributed by atoms with Crippen LogP contribution < -0.4 is 24.3 Å². The number of hydrogen-bond acceptors (Lipinski definition) is 13. The van der Waals surface area contributed by atoms with Crippen molar-refractivity contribution >= 4 is 23.8 Å². The third-order valence-corrected chi connectivity index (χ3v) is 7.67. The number of benzene rings is 3. The predicted octanol–water partition coefficient (Wildman–Crippen LogP) is 5.21. The molecule has 0 unspecified atom stereocenters. The van der Waals surface area contributed by atoms with E-state index in [0.29, 0.717) is 47.9 Å². The van der Waals surface area contributed by atoms with Gasteiger partial charge in [0.2, 0.25) is 0 Å². The molecule has 3 aromatic rings. The number of rotatable bonds is 13. The third kappa shape index (κ3) is 10.8. The average molecular weight is 709 g/mol. The Morgan fingerprint density at radius 1 is 0.804 bits per heavy atom. The molecule has 274 valence electrons. The van der Waals surface area contributed by atoms with E-state index >= 15 is 0 Å². The summed E-state index contributed by atoms with van der Waals surface area (Å²) in [7, 11) is 5.91. The van der Waals surface area contributed by atoms with Crippen LogP contribution in [0.5, 0.6) is 23.0 Å². The second-order valence-corrected chi connectivity index (χ2v) is 12.5. The average Bonchev–Trinajstić information content (AvgIpc) is 3.29. The fraction of sp³-hybridized carbons (Fsp3) is 0.405. The number of ketones is 1. The Morgan fingerprint density at radius 2 is 1.45 bits per heavy atom. The van der Waals surface area contributed by atoms with Gasteiger partial charge in [0.1, 0.15) is 34.7 Å². The maximum absolute atomic E-state index is 13.6. The summed E-state index contributed by atoms with van der Waals surface area (Å²) in [4.78, 5) is 58.5. The van der Waals surface area contributed by atoms with E-state index in [4.69, 9.17) is 38.0 Å². The summed E-state index contributed by atoms with van der Waals surface area (Å²) in [5.74, 6) is 0.0693. The van der Waals surface area contributed by atoms with Gasteiger partial charge in [0.05, 0.1) is 45.0 Å².